The lowest BCUT2D eigenvalue weighted by atomic mass is 10.0. The first-order chi connectivity index (χ1) is 9.88. The molecular weight excluding hydrogens is 266 g/mol. The van der Waals surface area contributed by atoms with Gasteiger partial charge in [0.05, 0.1) is 11.3 Å². The van der Waals surface area contributed by atoms with E-state index in [1.807, 2.05) is 26.0 Å². The lowest BCUT2D eigenvalue weighted by Gasteiger charge is -2.13. The molecule has 0 saturated heterocycles. The van der Waals surface area contributed by atoms with Crippen LogP contribution in [0, 0.1) is 20.8 Å². The molecule has 0 atom stereocenters. The maximum Gasteiger partial charge on any atom is 0.337 e. The fourth-order valence-corrected chi connectivity index (χ4v) is 2.27. The third-order valence-corrected chi connectivity index (χ3v) is 3.23. The fourth-order valence-electron chi connectivity index (χ4n) is 2.27. The van der Waals surface area contributed by atoms with Crippen molar-refractivity contribution in [2.45, 2.75) is 20.8 Å². The van der Waals surface area contributed by atoms with Gasteiger partial charge in [-0.15, -0.1) is 0 Å². The molecule has 2 aromatic rings. The minimum Gasteiger partial charge on any atom is -0.478 e. The van der Waals surface area contributed by atoms with E-state index >= 15 is 0 Å². The van der Waals surface area contributed by atoms with E-state index < -0.39 is 5.97 Å². The van der Waals surface area contributed by atoms with Crippen LogP contribution in [0.3, 0.4) is 0 Å². The van der Waals surface area contributed by atoms with Gasteiger partial charge in [0.15, 0.2) is 0 Å². The second kappa shape index (κ2) is 5.79. The van der Waals surface area contributed by atoms with Gasteiger partial charge in [0, 0.05) is 5.56 Å². The highest BCUT2D eigenvalue weighted by molar-refractivity contribution is 6.08. The molecule has 0 bridgehead atoms. The lowest BCUT2D eigenvalue weighted by Crippen LogP contribution is -2.16. The molecule has 2 rings (SSSR count). The number of carboxylic acid groups (broad SMARTS) is 1. The zero-order valence-electron chi connectivity index (χ0n) is 12.2. The van der Waals surface area contributed by atoms with Crippen molar-refractivity contribution < 1.29 is 14.7 Å². The smallest absolute Gasteiger partial charge is 0.337 e. The normalized spacial score (nSPS) is 10.2. The minimum absolute atomic E-state index is 0.105. The van der Waals surface area contributed by atoms with Crippen molar-refractivity contribution in [2.24, 2.45) is 0 Å². The number of aryl methyl sites for hydroxylation is 3. The predicted molar refractivity (Wildman–Crippen MR) is 82.0 cm³/mol. The summed E-state index contributed by atoms with van der Waals surface area (Å²) in [7, 11) is 0. The van der Waals surface area contributed by atoms with Crippen LogP contribution in [0.4, 0.5) is 5.69 Å². The number of carbonyl (C=O) groups excluding carboxylic acids is 1. The van der Waals surface area contributed by atoms with Gasteiger partial charge < -0.3 is 10.4 Å². The Morgan fingerprint density at radius 3 is 2.33 bits per heavy atom. The van der Waals surface area contributed by atoms with E-state index in [1.54, 1.807) is 31.2 Å². The quantitative estimate of drug-likeness (QED) is 0.905. The first kappa shape index (κ1) is 14.8. The van der Waals surface area contributed by atoms with Gasteiger partial charge in [-0.05, 0) is 50.1 Å². The van der Waals surface area contributed by atoms with Crippen molar-refractivity contribution in [1.82, 2.24) is 0 Å². The molecule has 4 heteroatoms. The molecule has 0 saturated carbocycles. The van der Waals surface area contributed by atoms with E-state index in [0.717, 1.165) is 16.7 Å². The monoisotopic (exact) mass is 283 g/mol. The number of anilines is 1. The number of hydrogen-bond donors (Lipinski definition) is 2. The molecular formula is C17H17NO3. The number of carbonyl (C=O) groups is 2. The van der Waals surface area contributed by atoms with Gasteiger partial charge >= 0.3 is 5.97 Å². The Morgan fingerprint density at radius 1 is 1.00 bits per heavy atom. The molecule has 4 nitrogen and oxygen atoms in total. The number of rotatable bonds is 3. The fraction of sp³-hybridized carbons (Fsp3) is 0.176. The van der Waals surface area contributed by atoms with Gasteiger partial charge in [-0.2, -0.15) is 0 Å². The van der Waals surface area contributed by atoms with E-state index in [9.17, 15) is 14.7 Å². The van der Waals surface area contributed by atoms with Crippen LogP contribution >= 0.6 is 0 Å². The number of aromatic carboxylic acids is 1. The average Bonchev–Trinajstić information content (AvgIpc) is 2.41. The number of hydrogen-bond acceptors (Lipinski definition) is 2. The number of benzene rings is 2. The molecule has 1 amide bonds. The highest BCUT2D eigenvalue weighted by Gasteiger charge is 2.16. The minimum atomic E-state index is -1.05. The number of amides is 1. The molecule has 0 fully saturated rings. The first-order valence-corrected chi connectivity index (χ1v) is 6.61. The van der Waals surface area contributed by atoms with E-state index in [0.29, 0.717) is 11.3 Å². The lowest BCUT2D eigenvalue weighted by molar-refractivity contribution is 0.0698. The second-order valence-corrected chi connectivity index (χ2v) is 5.13. The summed E-state index contributed by atoms with van der Waals surface area (Å²) in [5, 5.41) is 12.0. The Bertz CT molecular complexity index is 720. The summed E-state index contributed by atoms with van der Waals surface area (Å²) in [6.07, 6.45) is 0. The van der Waals surface area contributed by atoms with Crippen LogP contribution in [0.15, 0.2) is 36.4 Å². The molecule has 0 radical (unpaired) electrons. The zero-order valence-corrected chi connectivity index (χ0v) is 12.2. The summed E-state index contributed by atoms with van der Waals surface area (Å²) in [5.41, 5.74) is 3.51. The predicted octanol–water partition coefficient (Wildman–Crippen LogP) is 3.56. The highest BCUT2D eigenvalue weighted by Crippen LogP contribution is 2.23. The largest absolute Gasteiger partial charge is 0.478 e. The van der Waals surface area contributed by atoms with Crippen LogP contribution < -0.4 is 5.32 Å². The van der Waals surface area contributed by atoms with Crippen molar-refractivity contribution in [1.29, 1.82) is 0 Å². The number of carboxylic acids is 1. The van der Waals surface area contributed by atoms with Gasteiger partial charge in [0.2, 0.25) is 0 Å². The Labute approximate surface area is 123 Å². The SMILES string of the molecule is Cc1cccc(C(=O)Nc2c(C)cc(C)cc2C(=O)O)c1. The van der Waals surface area contributed by atoms with Crippen LogP contribution in [0.1, 0.15) is 37.4 Å². The topological polar surface area (TPSA) is 66.4 Å². The van der Waals surface area contributed by atoms with E-state index in [4.69, 9.17) is 0 Å². The highest BCUT2D eigenvalue weighted by atomic mass is 16.4. The second-order valence-electron chi connectivity index (χ2n) is 5.13. The molecule has 0 aliphatic carbocycles. The molecule has 0 unspecified atom stereocenters. The molecule has 0 aliphatic heterocycles. The summed E-state index contributed by atoms with van der Waals surface area (Å²) >= 11 is 0. The van der Waals surface area contributed by atoms with Crippen molar-refractivity contribution in [2.75, 3.05) is 5.32 Å². The zero-order chi connectivity index (χ0) is 15.6. The van der Waals surface area contributed by atoms with Crippen molar-refractivity contribution in [3.8, 4) is 0 Å². The third kappa shape index (κ3) is 3.28. The van der Waals surface area contributed by atoms with E-state index in [2.05, 4.69) is 5.32 Å². The first-order valence-electron chi connectivity index (χ1n) is 6.61. The van der Waals surface area contributed by atoms with Crippen molar-refractivity contribution >= 4 is 17.6 Å². The Hall–Kier alpha value is -2.62. The van der Waals surface area contributed by atoms with E-state index in [1.165, 1.54) is 0 Å². The summed E-state index contributed by atoms with van der Waals surface area (Å²) in [6, 6.07) is 10.6. The van der Waals surface area contributed by atoms with Gasteiger partial charge in [-0.1, -0.05) is 23.8 Å². The molecule has 0 aliphatic rings. The van der Waals surface area contributed by atoms with Crippen LogP contribution in [0.5, 0.6) is 0 Å². The van der Waals surface area contributed by atoms with Crippen LogP contribution in [-0.4, -0.2) is 17.0 Å². The molecule has 2 aromatic carbocycles. The average molecular weight is 283 g/mol. The van der Waals surface area contributed by atoms with Crippen molar-refractivity contribution in [3.05, 3.63) is 64.2 Å². The summed E-state index contributed by atoms with van der Waals surface area (Å²) in [6.45, 7) is 5.51. The Kier molecular flexibility index (Phi) is 4.08. The molecule has 108 valence electrons. The van der Waals surface area contributed by atoms with Crippen LogP contribution in [-0.2, 0) is 0 Å². The molecule has 0 heterocycles. The molecule has 2 N–H and O–H groups in total. The van der Waals surface area contributed by atoms with Gasteiger partial charge in [0.1, 0.15) is 0 Å². The Morgan fingerprint density at radius 2 is 1.71 bits per heavy atom. The maximum atomic E-state index is 12.3. The molecule has 0 aromatic heterocycles. The van der Waals surface area contributed by atoms with Gasteiger partial charge in [0.25, 0.3) is 5.91 Å². The summed E-state index contributed by atoms with van der Waals surface area (Å²) in [5.74, 6) is -1.37. The third-order valence-electron chi connectivity index (χ3n) is 3.23. The maximum absolute atomic E-state index is 12.3. The molecule has 0 spiro atoms. The van der Waals surface area contributed by atoms with E-state index in [-0.39, 0.29) is 11.5 Å². The van der Waals surface area contributed by atoms with Crippen LogP contribution in [0.2, 0.25) is 0 Å². The van der Waals surface area contributed by atoms with Gasteiger partial charge in [-0.3, -0.25) is 4.79 Å². The Balaban J connectivity index is 2.39. The van der Waals surface area contributed by atoms with Crippen molar-refractivity contribution in [3.63, 3.8) is 0 Å². The summed E-state index contributed by atoms with van der Waals surface area (Å²) in [4.78, 5) is 23.6. The number of nitrogens with one attached hydrogen (secondary N) is 1. The molecule has 21 heavy (non-hydrogen) atoms. The van der Waals surface area contributed by atoms with Gasteiger partial charge in [-0.25, -0.2) is 4.79 Å². The standard InChI is InChI=1S/C17H17NO3/c1-10-5-4-6-13(8-10)16(19)18-15-12(3)7-11(2)9-14(15)17(20)21/h4-9H,1-3H3,(H,18,19)(H,20,21). The van der Waals surface area contributed by atoms with Crippen LogP contribution in [0.25, 0.3) is 0 Å². The summed E-state index contributed by atoms with van der Waals surface area (Å²) < 4.78 is 0.